The minimum absolute atomic E-state index is 0.114. The fourth-order valence-electron chi connectivity index (χ4n) is 3.50. The third-order valence-electron chi connectivity index (χ3n) is 5.10. The Labute approximate surface area is 214 Å². The van der Waals surface area contributed by atoms with Gasteiger partial charge in [0.1, 0.15) is 0 Å². The average molecular weight is 563 g/mol. The van der Waals surface area contributed by atoms with E-state index in [-0.39, 0.29) is 17.7 Å². The van der Waals surface area contributed by atoms with Crippen molar-refractivity contribution in [1.29, 1.82) is 0 Å². The van der Waals surface area contributed by atoms with Crippen LogP contribution >= 0.6 is 50.4 Å². The Morgan fingerprint density at radius 3 is 2.64 bits per heavy atom. The summed E-state index contributed by atoms with van der Waals surface area (Å²) in [6, 6.07) is 8.12. The van der Waals surface area contributed by atoms with E-state index in [1.54, 1.807) is 11.3 Å². The number of amides is 1. The van der Waals surface area contributed by atoms with E-state index in [1.165, 1.54) is 33.5 Å². The zero-order valence-electron chi connectivity index (χ0n) is 18.8. The molecule has 4 aromatic rings. The van der Waals surface area contributed by atoms with Crippen LogP contribution in [0.15, 0.2) is 44.7 Å². The molecule has 0 fully saturated rings. The summed E-state index contributed by atoms with van der Waals surface area (Å²) >= 11 is 8.00. The van der Waals surface area contributed by atoms with E-state index in [0.717, 1.165) is 38.7 Å². The molecule has 3 aromatic heterocycles. The van der Waals surface area contributed by atoms with E-state index < -0.39 is 0 Å². The van der Waals surface area contributed by atoms with Crippen molar-refractivity contribution in [1.82, 2.24) is 19.7 Å². The highest BCUT2D eigenvalue weighted by Crippen LogP contribution is 2.34. The molecule has 0 saturated heterocycles. The lowest BCUT2D eigenvalue weighted by atomic mass is 10.1. The average Bonchev–Trinajstić information content (AvgIpc) is 3.50. The first-order valence-electron chi connectivity index (χ1n) is 10.5. The van der Waals surface area contributed by atoms with Crippen molar-refractivity contribution in [2.45, 2.75) is 45.3 Å². The second kappa shape index (κ2) is 10.5. The number of anilines is 1. The minimum atomic E-state index is -0.114. The predicted molar refractivity (Wildman–Crippen MR) is 142 cm³/mol. The number of aryl methyl sites for hydroxylation is 1. The number of carbonyl (C=O) groups excluding carboxylic acids is 1. The van der Waals surface area contributed by atoms with Gasteiger partial charge in [0.2, 0.25) is 5.91 Å². The summed E-state index contributed by atoms with van der Waals surface area (Å²) in [6.07, 6.45) is 0.955. The van der Waals surface area contributed by atoms with Crippen LogP contribution in [0.4, 0.5) is 5.13 Å². The fraction of sp³-hybridized carbons (Fsp3) is 0.304. The molecule has 0 aliphatic heterocycles. The first-order chi connectivity index (χ1) is 15.9. The molecule has 0 bridgehead atoms. The van der Waals surface area contributed by atoms with Gasteiger partial charge in [0.15, 0.2) is 16.1 Å². The van der Waals surface area contributed by atoms with Gasteiger partial charge >= 0.3 is 0 Å². The third-order valence-corrected chi connectivity index (χ3v) is 8.28. The number of aromatic nitrogens is 4. The van der Waals surface area contributed by atoms with Gasteiger partial charge in [-0.25, -0.2) is 4.98 Å². The van der Waals surface area contributed by atoms with E-state index in [2.05, 4.69) is 74.1 Å². The topological polar surface area (TPSA) is 72.7 Å². The van der Waals surface area contributed by atoms with Crippen LogP contribution < -0.4 is 5.32 Å². The molecule has 0 spiro atoms. The first-order valence-corrected chi connectivity index (χ1v) is 14.1. The van der Waals surface area contributed by atoms with Crippen LogP contribution in [0.3, 0.4) is 0 Å². The lowest BCUT2D eigenvalue weighted by Gasteiger charge is -2.14. The smallest absolute Gasteiger partial charge is 0.236 e. The fourth-order valence-corrected chi connectivity index (χ4v) is 6.31. The summed E-state index contributed by atoms with van der Waals surface area (Å²) in [5.41, 5.74) is 4.31. The molecular weight excluding hydrogens is 538 g/mol. The van der Waals surface area contributed by atoms with Gasteiger partial charge in [0.25, 0.3) is 0 Å². The van der Waals surface area contributed by atoms with Gasteiger partial charge in [0.05, 0.1) is 11.4 Å². The van der Waals surface area contributed by atoms with Crippen LogP contribution in [0, 0.1) is 6.92 Å². The summed E-state index contributed by atoms with van der Waals surface area (Å²) in [7, 11) is 0. The van der Waals surface area contributed by atoms with E-state index in [9.17, 15) is 4.79 Å². The summed E-state index contributed by atoms with van der Waals surface area (Å²) in [5.74, 6) is 0.992. The molecular formula is C23H24BrN5OS3. The summed E-state index contributed by atoms with van der Waals surface area (Å²) in [5, 5.41) is 17.2. The molecule has 0 radical (unpaired) electrons. The molecule has 0 aliphatic rings. The molecule has 3 heterocycles. The van der Waals surface area contributed by atoms with Gasteiger partial charge in [-0.05, 0) is 44.9 Å². The number of thiophene rings is 1. The Bertz CT molecular complexity index is 1260. The van der Waals surface area contributed by atoms with E-state index in [1.807, 2.05) is 29.6 Å². The van der Waals surface area contributed by atoms with Gasteiger partial charge in [0, 0.05) is 37.3 Å². The zero-order valence-corrected chi connectivity index (χ0v) is 22.8. The summed E-state index contributed by atoms with van der Waals surface area (Å²) in [6.45, 7) is 8.53. The van der Waals surface area contributed by atoms with Crippen molar-refractivity contribution in [3.8, 4) is 22.6 Å². The molecule has 0 unspecified atom stereocenters. The number of rotatable bonds is 8. The Hall–Kier alpha value is -2.01. The van der Waals surface area contributed by atoms with E-state index in [4.69, 9.17) is 0 Å². The highest BCUT2D eigenvalue weighted by atomic mass is 79.9. The summed E-state index contributed by atoms with van der Waals surface area (Å²) < 4.78 is 3.14. The Balaban J connectivity index is 1.44. The standard InChI is InChI=1S/C23H24BrN5OS3/c1-5-17-14(4)31-10-18(17)21-27-28-23(29(21)13(2)3)33-12-20(30)26-22-25-19(11-32-22)15-6-8-16(24)9-7-15/h6-11,13H,5,12H2,1-4H3,(H,25,26,30). The van der Waals surface area contributed by atoms with Crippen molar-refractivity contribution < 1.29 is 4.79 Å². The monoisotopic (exact) mass is 561 g/mol. The number of benzene rings is 1. The number of halogens is 1. The van der Waals surface area contributed by atoms with Gasteiger partial charge in [-0.3, -0.25) is 9.36 Å². The van der Waals surface area contributed by atoms with Crippen molar-refractivity contribution in [2.24, 2.45) is 0 Å². The molecule has 0 atom stereocenters. The number of carbonyl (C=O) groups is 1. The quantitative estimate of drug-likeness (QED) is 0.233. The SMILES string of the molecule is CCc1c(-c2nnc(SCC(=O)Nc3nc(-c4ccc(Br)cc4)cs3)n2C(C)C)csc1C. The van der Waals surface area contributed by atoms with Gasteiger partial charge in [-0.15, -0.1) is 32.9 Å². The van der Waals surface area contributed by atoms with E-state index in [0.29, 0.717) is 5.13 Å². The lowest BCUT2D eigenvalue weighted by molar-refractivity contribution is -0.113. The molecule has 1 N–H and O–H groups in total. The van der Waals surface area contributed by atoms with Crippen molar-refractivity contribution >= 4 is 61.4 Å². The maximum Gasteiger partial charge on any atom is 0.236 e. The number of thiazole rings is 1. The van der Waals surface area contributed by atoms with Gasteiger partial charge < -0.3 is 5.32 Å². The highest BCUT2D eigenvalue weighted by Gasteiger charge is 2.21. The maximum absolute atomic E-state index is 12.6. The lowest BCUT2D eigenvalue weighted by Crippen LogP contribution is -2.15. The van der Waals surface area contributed by atoms with Crippen molar-refractivity contribution in [2.75, 3.05) is 11.1 Å². The zero-order chi connectivity index (χ0) is 23.5. The number of thioether (sulfide) groups is 1. The van der Waals surface area contributed by atoms with Crippen LogP contribution in [0.25, 0.3) is 22.6 Å². The molecule has 4 rings (SSSR count). The van der Waals surface area contributed by atoms with E-state index >= 15 is 0 Å². The second-order valence-electron chi connectivity index (χ2n) is 7.69. The highest BCUT2D eigenvalue weighted by molar-refractivity contribution is 9.10. The van der Waals surface area contributed by atoms with Crippen LogP contribution in [0.5, 0.6) is 0 Å². The number of hydrogen-bond acceptors (Lipinski definition) is 7. The molecule has 1 aromatic carbocycles. The molecule has 6 nitrogen and oxygen atoms in total. The van der Waals surface area contributed by atoms with Crippen LogP contribution in [-0.4, -0.2) is 31.4 Å². The molecule has 172 valence electrons. The van der Waals surface area contributed by atoms with Gasteiger partial charge in [-0.1, -0.05) is 46.7 Å². The molecule has 33 heavy (non-hydrogen) atoms. The Kier molecular flexibility index (Phi) is 7.68. The first kappa shape index (κ1) is 24.1. The molecule has 0 aliphatic carbocycles. The number of nitrogens with one attached hydrogen (secondary N) is 1. The largest absolute Gasteiger partial charge is 0.301 e. The van der Waals surface area contributed by atoms with Crippen molar-refractivity contribution in [3.05, 3.63) is 49.9 Å². The van der Waals surface area contributed by atoms with Crippen LogP contribution in [0.2, 0.25) is 0 Å². The molecule has 10 heteroatoms. The maximum atomic E-state index is 12.6. The third kappa shape index (κ3) is 5.40. The van der Waals surface area contributed by atoms with Crippen molar-refractivity contribution in [3.63, 3.8) is 0 Å². The Morgan fingerprint density at radius 2 is 1.94 bits per heavy atom. The minimum Gasteiger partial charge on any atom is -0.301 e. The van der Waals surface area contributed by atoms with Crippen LogP contribution in [-0.2, 0) is 11.2 Å². The molecule has 0 saturated carbocycles. The predicted octanol–water partition coefficient (Wildman–Crippen LogP) is 7.08. The summed E-state index contributed by atoms with van der Waals surface area (Å²) in [4.78, 5) is 18.5. The van der Waals surface area contributed by atoms with Crippen LogP contribution in [0.1, 0.15) is 37.3 Å². The number of hydrogen-bond donors (Lipinski definition) is 1. The second-order valence-corrected chi connectivity index (χ2v) is 11.5. The van der Waals surface area contributed by atoms with Gasteiger partial charge in [-0.2, -0.15) is 0 Å². The Morgan fingerprint density at radius 1 is 1.18 bits per heavy atom. The number of nitrogens with zero attached hydrogens (tertiary/aromatic N) is 4. The normalized spacial score (nSPS) is 11.3. The molecule has 1 amide bonds.